The van der Waals surface area contributed by atoms with E-state index in [-0.39, 0.29) is 40.6 Å². The number of hydrogen-bond donors (Lipinski definition) is 1. The zero-order valence-electron chi connectivity index (χ0n) is 37.4. The van der Waals surface area contributed by atoms with Gasteiger partial charge in [-0.3, -0.25) is 24.1 Å². The normalized spacial score (nSPS) is 16.0. The standard InChI is InChI=1S/C48H32F8N14O2/c1-23-39-41(62-64(23)3)45(71)70(43(39)31-8-4-27(12-33(31)49)66-18-25(16-60-66)47(51,52)53)30-7-11-38-37(15-30)59-21-65(38)22-68-24(2)40-42(63-68)46(72)69(29-6-10-35-36(14-29)58-20-57-35)44(40)32-9-5-28(13-34(32)50)67-19-26(17-61-67)48(54,55)56/h4-21,43-44H,22H2,1-3H3,(H,57,58). The van der Waals surface area contributed by atoms with Crippen LogP contribution in [-0.2, 0) is 26.1 Å². The number of nitrogens with one attached hydrogen (secondary N) is 1. The smallest absolute Gasteiger partial charge is 0.345 e. The maximum Gasteiger partial charge on any atom is 0.419 e. The van der Waals surface area contributed by atoms with Gasteiger partial charge >= 0.3 is 12.4 Å². The molecule has 4 aromatic carbocycles. The first-order valence-electron chi connectivity index (χ1n) is 21.8. The van der Waals surface area contributed by atoms with Gasteiger partial charge in [0.15, 0.2) is 11.4 Å². The number of alkyl halides is 6. The van der Waals surface area contributed by atoms with Crippen LogP contribution in [0.15, 0.2) is 110 Å². The van der Waals surface area contributed by atoms with Crippen molar-refractivity contribution in [3.05, 3.63) is 178 Å². The molecule has 362 valence electrons. The van der Waals surface area contributed by atoms with Crippen LogP contribution in [0.5, 0.6) is 0 Å². The molecular weight excluding hydrogens is 957 g/mol. The van der Waals surface area contributed by atoms with Crippen LogP contribution in [0.25, 0.3) is 33.4 Å². The molecule has 2 atom stereocenters. The highest BCUT2D eigenvalue weighted by Gasteiger charge is 2.46. The van der Waals surface area contributed by atoms with E-state index in [0.29, 0.717) is 68.4 Å². The Labute approximate surface area is 398 Å². The van der Waals surface area contributed by atoms with Crippen molar-refractivity contribution in [1.29, 1.82) is 0 Å². The minimum absolute atomic E-state index is 0.00886. The molecule has 6 aromatic heterocycles. The quantitative estimate of drug-likeness (QED) is 0.148. The molecule has 0 saturated heterocycles. The van der Waals surface area contributed by atoms with Crippen LogP contribution < -0.4 is 9.80 Å². The highest BCUT2D eigenvalue weighted by molar-refractivity contribution is 6.12. The van der Waals surface area contributed by atoms with Gasteiger partial charge in [-0.1, -0.05) is 12.1 Å². The molecule has 72 heavy (non-hydrogen) atoms. The third kappa shape index (κ3) is 6.79. The number of anilines is 2. The van der Waals surface area contributed by atoms with E-state index in [4.69, 9.17) is 5.10 Å². The minimum Gasteiger partial charge on any atom is -0.345 e. The summed E-state index contributed by atoms with van der Waals surface area (Å²) in [4.78, 5) is 43.5. The molecule has 8 heterocycles. The predicted molar refractivity (Wildman–Crippen MR) is 240 cm³/mol. The molecular formula is C48H32F8N14O2. The molecule has 0 saturated carbocycles. The monoisotopic (exact) mass is 988 g/mol. The molecule has 0 bridgehead atoms. The Bertz CT molecular complexity index is 3890. The molecule has 12 rings (SSSR count). The van der Waals surface area contributed by atoms with Gasteiger partial charge in [-0.2, -0.15) is 46.7 Å². The second-order valence-electron chi connectivity index (χ2n) is 17.4. The minimum atomic E-state index is -4.67. The summed E-state index contributed by atoms with van der Waals surface area (Å²) in [5.74, 6) is -2.69. The number of carbonyl (C=O) groups excluding carboxylic acids is 2. The van der Waals surface area contributed by atoms with Crippen LogP contribution in [0, 0.1) is 25.5 Å². The van der Waals surface area contributed by atoms with Gasteiger partial charge in [0, 0.05) is 64.5 Å². The summed E-state index contributed by atoms with van der Waals surface area (Å²) in [7, 11) is 1.65. The molecule has 2 amide bonds. The van der Waals surface area contributed by atoms with E-state index in [9.17, 15) is 35.9 Å². The fraction of sp³-hybridized carbons (Fsp3) is 0.167. The number of halogens is 8. The van der Waals surface area contributed by atoms with Gasteiger partial charge in [0.25, 0.3) is 11.8 Å². The summed E-state index contributed by atoms with van der Waals surface area (Å²) in [5.41, 5.74) is 3.11. The highest BCUT2D eigenvalue weighted by atomic mass is 19.4. The topological polar surface area (TPSA) is 158 Å². The van der Waals surface area contributed by atoms with Gasteiger partial charge < -0.3 is 9.55 Å². The summed E-state index contributed by atoms with van der Waals surface area (Å²) >= 11 is 0. The number of aryl methyl sites for hydroxylation is 1. The zero-order chi connectivity index (χ0) is 50.3. The van der Waals surface area contributed by atoms with E-state index in [1.165, 1.54) is 51.4 Å². The molecule has 0 radical (unpaired) electrons. The Balaban J connectivity index is 0.885. The molecule has 16 nitrogen and oxygen atoms in total. The Hall–Kier alpha value is -8.96. The van der Waals surface area contributed by atoms with Gasteiger partial charge in [0.05, 0.1) is 81.7 Å². The number of nitrogens with zero attached hydrogens (tertiary/aromatic N) is 13. The summed E-state index contributed by atoms with van der Waals surface area (Å²) in [6.07, 6.45) is -3.51. The molecule has 24 heteroatoms. The van der Waals surface area contributed by atoms with Gasteiger partial charge in [-0.05, 0) is 74.5 Å². The van der Waals surface area contributed by atoms with Crippen molar-refractivity contribution < 1.29 is 44.7 Å². The van der Waals surface area contributed by atoms with Gasteiger partial charge in [-0.25, -0.2) is 32.8 Å². The van der Waals surface area contributed by atoms with Gasteiger partial charge in [-0.15, -0.1) is 0 Å². The number of rotatable bonds is 8. The van der Waals surface area contributed by atoms with E-state index in [1.807, 2.05) is 0 Å². The number of imidazole rings is 2. The number of amides is 2. The van der Waals surface area contributed by atoms with Crippen molar-refractivity contribution in [2.45, 2.75) is 45.0 Å². The van der Waals surface area contributed by atoms with Crippen molar-refractivity contribution in [3.8, 4) is 11.4 Å². The van der Waals surface area contributed by atoms with Crippen molar-refractivity contribution in [2.24, 2.45) is 7.05 Å². The molecule has 2 aliphatic heterocycles. The first kappa shape index (κ1) is 44.3. The average molecular weight is 989 g/mol. The van der Waals surface area contributed by atoms with Crippen molar-refractivity contribution in [1.82, 2.24) is 58.6 Å². The van der Waals surface area contributed by atoms with Crippen LogP contribution in [0.4, 0.5) is 46.5 Å². The van der Waals surface area contributed by atoms with E-state index >= 15 is 8.78 Å². The zero-order valence-corrected chi connectivity index (χ0v) is 37.4. The average Bonchev–Trinajstić information content (AvgIpc) is 4.21. The third-order valence-corrected chi connectivity index (χ3v) is 13.3. The number of fused-ring (bicyclic) bond motifs is 4. The lowest BCUT2D eigenvalue weighted by Gasteiger charge is -2.27. The second kappa shape index (κ2) is 15.5. The number of carbonyl (C=O) groups is 2. The Morgan fingerprint density at radius 1 is 0.625 bits per heavy atom. The number of aromatic nitrogens is 12. The second-order valence-corrected chi connectivity index (χ2v) is 17.4. The molecule has 10 aromatic rings. The molecule has 1 N–H and O–H groups in total. The first-order valence-corrected chi connectivity index (χ1v) is 21.8. The summed E-state index contributed by atoms with van der Waals surface area (Å²) in [6.45, 7) is 3.48. The number of hydrogen-bond acceptors (Lipinski definition) is 8. The van der Waals surface area contributed by atoms with Gasteiger partial charge in [0.1, 0.15) is 18.3 Å². The number of aromatic amines is 1. The predicted octanol–water partition coefficient (Wildman–Crippen LogP) is 9.15. The van der Waals surface area contributed by atoms with Crippen molar-refractivity contribution >= 4 is 45.3 Å². The Kier molecular flexibility index (Phi) is 9.54. The lowest BCUT2D eigenvalue weighted by Crippen LogP contribution is -2.30. The largest absolute Gasteiger partial charge is 0.419 e. The highest BCUT2D eigenvalue weighted by Crippen LogP contribution is 2.47. The van der Waals surface area contributed by atoms with Crippen LogP contribution in [0.2, 0.25) is 0 Å². The summed E-state index contributed by atoms with van der Waals surface area (Å²) in [5, 5.41) is 16.7. The maximum absolute atomic E-state index is 16.5. The molecule has 0 fully saturated rings. The maximum atomic E-state index is 16.5. The lowest BCUT2D eigenvalue weighted by atomic mass is 9.97. The van der Waals surface area contributed by atoms with E-state index in [0.717, 1.165) is 33.9 Å². The lowest BCUT2D eigenvalue weighted by molar-refractivity contribution is -0.138. The van der Waals surface area contributed by atoms with E-state index in [2.05, 4.69) is 30.2 Å². The molecule has 2 unspecified atom stereocenters. The molecule has 0 aliphatic carbocycles. The van der Waals surface area contributed by atoms with E-state index in [1.54, 1.807) is 66.5 Å². The van der Waals surface area contributed by atoms with Crippen LogP contribution >= 0.6 is 0 Å². The van der Waals surface area contributed by atoms with Crippen LogP contribution in [0.3, 0.4) is 0 Å². The number of H-pyrrole nitrogens is 1. The van der Waals surface area contributed by atoms with Crippen molar-refractivity contribution in [2.75, 3.05) is 9.80 Å². The fourth-order valence-corrected chi connectivity index (χ4v) is 9.65. The fourth-order valence-electron chi connectivity index (χ4n) is 9.65. The number of benzene rings is 4. The Morgan fingerprint density at radius 2 is 1.15 bits per heavy atom. The Morgan fingerprint density at radius 3 is 1.71 bits per heavy atom. The molecule has 2 aliphatic rings. The van der Waals surface area contributed by atoms with Crippen molar-refractivity contribution in [3.63, 3.8) is 0 Å². The summed E-state index contributed by atoms with van der Waals surface area (Å²) < 4.78 is 120. The van der Waals surface area contributed by atoms with Crippen LogP contribution in [0.1, 0.15) is 77.8 Å². The molecule has 0 spiro atoms. The van der Waals surface area contributed by atoms with E-state index < -0.39 is 59.0 Å². The van der Waals surface area contributed by atoms with Crippen LogP contribution in [-0.4, -0.2) is 70.5 Å². The summed E-state index contributed by atoms with van der Waals surface area (Å²) in [6, 6.07) is 15.7. The van der Waals surface area contributed by atoms with Gasteiger partial charge in [0.2, 0.25) is 0 Å². The third-order valence-electron chi connectivity index (χ3n) is 13.3. The first-order chi connectivity index (χ1) is 34.3. The SMILES string of the molecule is Cc1c2c(nn1C)C(=O)N(c1ccc3c(c1)ncn3Cn1nc3c(c1C)C(c1ccc(-n4cc(C(F)(F)F)cn4)cc1F)N(c1ccc4[nH]cnc4c1)C3=O)C2c1ccc(-n2cc(C(F)(F)F)cn2)cc1F.